The molecule has 1 saturated heterocycles. The minimum Gasteiger partial charge on any atom is -0.481 e. The zero-order chi connectivity index (χ0) is 14.7. The Balaban J connectivity index is 1.87. The minimum absolute atomic E-state index is 0.0213. The van der Waals surface area contributed by atoms with Crippen LogP contribution in [-0.4, -0.2) is 35.0 Å². The molecule has 0 bridgehead atoms. The standard InChI is InChI=1S/C15H20N2O3/c1-10-8-17(9-13(10)15(19)20)14(18)7-4-11-2-5-12(16)6-3-11/h2-3,5-6,10,13H,4,7-9,16H2,1H3,(H,19,20). The molecule has 0 aromatic heterocycles. The van der Waals surface area contributed by atoms with Gasteiger partial charge in [0.15, 0.2) is 0 Å². The molecule has 5 heteroatoms. The van der Waals surface area contributed by atoms with Crippen LogP contribution in [0, 0.1) is 11.8 Å². The van der Waals surface area contributed by atoms with E-state index < -0.39 is 11.9 Å². The molecular formula is C15H20N2O3. The summed E-state index contributed by atoms with van der Waals surface area (Å²) in [5, 5.41) is 9.07. The Morgan fingerprint density at radius 3 is 2.50 bits per heavy atom. The van der Waals surface area contributed by atoms with E-state index in [1.807, 2.05) is 31.2 Å². The van der Waals surface area contributed by atoms with E-state index in [0.717, 1.165) is 5.56 Å². The second kappa shape index (κ2) is 5.94. The molecule has 2 rings (SSSR count). The molecule has 1 aromatic carbocycles. The Bertz CT molecular complexity index is 498. The summed E-state index contributed by atoms with van der Waals surface area (Å²) in [6.45, 7) is 2.75. The first-order valence-electron chi connectivity index (χ1n) is 6.82. The number of aryl methyl sites for hydroxylation is 1. The highest BCUT2D eigenvalue weighted by atomic mass is 16.4. The first-order chi connectivity index (χ1) is 9.47. The van der Waals surface area contributed by atoms with Gasteiger partial charge in [0.05, 0.1) is 5.92 Å². The molecule has 0 aliphatic carbocycles. The molecule has 2 unspecified atom stereocenters. The molecule has 2 atom stereocenters. The van der Waals surface area contributed by atoms with Crippen LogP contribution >= 0.6 is 0 Å². The smallest absolute Gasteiger partial charge is 0.308 e. The number of rotatable bonds is 4. The van der Waals surface area contributed by atoms with Gasteiger partial charge in [-0.25, -0.2) is 0 Å². The third-order valence-corrected chi connectivity index (χ3v) is 3.89. The van der Waals surface area contributed by atoms with Gasteiger partial charge in [-0.05, 0) is 30.0 Å². The second-order valence-electron chi connectivity index (χ2n) is 5.46. The number of hydrogen-bond donors (Lipinski definition) is 2. The lowest BCUT2D eigenvalue weighted by Crippen LogP contribution is -2.30. The summed E-state index contributed by atoms with van der Waals surface area (Å²) >= 11 is 0. The number of carbonyl (C=O) groups excluding carboxylic acids is 1. The average molecular weight is 276 g/mol. The van der Waals surface area contributed by atoms with Crippen LogP contribution in [0.4, 0.5) is 5.69 Å². The lowest BCUT2D eigenvalue weighted by atomic mass is 9.99. The summed E-state index contributed by atoms with van der Waals surface area (Å²) in [6, 6.07) is 7.46. The first-order valence-corrected chi connectivity index (χ1v) is 6.82. The lowest BCUT2D eigenvalue weighted by molar-refractivity contribution is -0.142. The van der Waals surface area contributed by atoms with Gasteiger partial charge in [-0.3, -0.25) is 9.59 Å². The van der Waals surface area contributed by atoms with Crippen molar-refractivity contribution in [2.45, 2.75) is 19.8 Å². The third-order valence-electron chi connectivity index (χ3n) is 3.89. The summed E-state index contributed by atoms with van der Waals surface area (Å²) in [5.74, 6) is -1.20. The maximum absolute atomic E-state index is 12.1. The number of anilines is 1. The fraction of sp³-hybridized carbons (Fsp3) is 0.467. The van der Waals surface area contributed by atoms with Crippen LogP contribution < -0.4 is 5.73 Å². The summed E-state index contributed by atoms with van der Waals surface area (Å²) in [5.41, 5.74) is 7.38. The van der Waals surface area contributed by atoms with Gasteiger partial charge in [0.1, 0.15) is 0 Å². The highest BCUT2D eigenvalue weighted by Crippen LogP contribution is 2.24. The summed E-state index contributed by atoms with van der Waals surface area (Å²) in [7, 11) is 0. The molecule has 3 N–H and O–H groups in total. The summed E-state index contributed by atoms with van der Waals surface area (Å²) in [6.07, 6.45) is 1.06. The number of amides is 1. The molecule has 1 heterocycles. The number of carboxylic acids is 1. The van der Waals surface area contributed by atoms with E-state index >= 15 is 0 Å². The number of hydrogen-bond acceptors (Lipinski definition) is 3. The first kappa shape index (κ1) is 14.4. The Morgan fingerprint density at radius 1 is 1.30 bits per heavy atom. The number of benzene rings is 1. The van der Waals surface area contributed by atoms with E-state index in [1.54, 1.807) is 4.90 Å². The quantitative estimate of drug-likeness (QED) is 0.814. The Kier molecular flexibility index (Phi) is 4.27. The Labute approximate surface area is 118 Å². The van der Waals surface area contributed by atoms with E-state index in [2.05, 4.69) is 0 Å². The minimum atomic E-state index is -0.814. The lowest BCUT2D eigenvalue weighted by Gasteiger charge is -2.15. The van der Waals surface area contributed by atoms with Crippen molar-refractivity contribution in [2.24, 2.45) is 11.8 Å². The summed E-state index contributed by atoms with van der Waals surface area (Å²) in [4.78, 5) is 24.8. The molecule has 108 valence electrons. The van der Waals surface area contributed by atoms with Gasteiger partial charge in [-0.2, -0.15) is 0 Å². The molecule has 0 saturated carbocycles. The molecular weight excluding hydrogens is 256 g/mol. The van der Waals surface area contributed by atoms with E-state index in [1.165, 1.54) is 0 Å². The van der Waals surface area contributed by atoms with Gasteiger partial charge in [0.25, 0.3) is 0 Å². The number of carbonyl (C=O) groups is 2. The highest BCUT2D eigenvalue weighted by Gasteiger charge is 2.36. The number of aliphatic carboxylic acids is 1. The third kappa shape index (κ3) is 3.29. The van der Waals surface area contributed by atoms with E-state index in [-0.39, 0.29) is 11.8 Å². The van der Waals surface area contributed by atoms with Crippen LogP contribution in [0.1, 0.15) is 18.9 Å². The number of nitrogen functional groups attached to an aromatic ring is 1. The van der Waals surface area contributed by atoms with Crippen LogP contribution in [-0.2, 0) is 16.0 Å². The molecule has 1 aromatic rings. The van der Waals surface area contributed by atoms with Gasteiger partial charge >= 0.3 is 5.97 Å². The highest BCUT2D eigenvalue weighted by molar-refractivity contribution is 5.79. The molecule has 0 spiro atoms. The van der Waals surface area contributed by atoms with E-state index in [0.29, 0.717) is 31.6 Å². The zero-order valence-corrected chi connectivity index (χ0v) is 11.6. The molecule has 0 radical (unpaired) electrons. The zero-order valence-electron chi connectivity index (χ0n) is 11.6. The molecule has 1 fully saturated rings. The van der Waals surface area contributed by atoms with Crippen LogP contribution in [0.3, 0.4) is 0 Å². The molecule has 20 heavy (non-hydrogen) atoms. The van der Waals surface area contributed by atoms with Gasteiger partial charge in [0, 0.05) is 25.2 Å². The fourth-order valence-electron chi connectivity index (χ4n) is 2.59. The summed E-state index contributed by atoms with van der Waals surface area (Å²) < 4.78 is 0. The topological polar surface area (TPSA) is 83.6 Å². The van der Waals surface area contributed by atoms with Crippen molar-refractivity contribution in [3.8, 4) is 0 Å². The molecule has 1 aliphatic heterocycles. The molecule has 1 aliphatic rings. The Morgan fingerprint density at radius 2 is 1.95 bits per heavy atom. The van der Waals surface area contributed by atoms with Crippen molar-refractivity contribution < 1.29 is 14.7 Å². The monoisotopic (exact) mass is 276 g/mol. The van der Waals surface area contributed by atoms with Crippen molar-refractivity contribution in [3.63, 3.8) is 0 Å². The van der Waals surface area contributed by atoms with Gasteiger partial charge in [-0.15, -0.1) is 0 Å². The SMILES string of the molecule is CC1CN(C(=O)CCc2ccc(N)cc2)CC1C(=O)O. The van der Waals surface area contributed by atoms with Gasteiger partial charge in [-0.1, -0.05) is 19.1 Å². The number of nitrogens with zero attached hydrogens (tertiary/aromatic N) is 1. The number of nitrogens with two attached hydrogens (primary N) is 1. The van der Waals surface area contributed by atoms with Crippen molar-refractivity contribution in [1.82, 2.24) is 4.90 Å². The predicted octanol–water partition coefficient (Wildman–Crippen LogP) is 1.38. The molecule has 1 amide bonds. The van der Waals surface area contributed by atoms with Crippen molar-refractivity contribution in [2.75, 3.05) is 18.8 Å². The van der Waals surface area contributed by atoms with Crippen molar-refractivity contribution >= 4 is 17.6 Å². The Hall–Kier alpha value is -2.04. The normalized spacial score (nSPS) is 21.9. The van der Waals surface area contributed by atoms with Crippen LogP contribution in [0.5, 0.6) is 0 Å². The second-order valence-corrected chi connectivity index (χ2v) is 5.46. The number of carboxylic acid groups (broad SMARTS) is 1. The van der Waals surface area contributed by atoms with Crippen LogP contribution in [0.2, 0.25) is 0 Å². The van der Waals surface area contributed by atoms with Gasteiger partial charge < -0.3 is 15.7 Å². The van der Waals surface area contributed by atoms with Crippen LogP contribution in [0.15, 0.2) is 24.3 Å². The fourth-order valence-corrected chi connectivity index (χ4v) is 2.59. The average Bonchev–Trinajstić information content (AvgIpc) is 2.80. The number of likely N-dealkylation sites (tertiary alicyclic amines) is 1. The largest absolute Gasteiger partial charge is 0.481 e. The van der Waals surface area contributed by atoms with Gasteiger partial charge in [0.2, 0.25) is 5.91 Å². The van der Waals surface area contributed by atoms with Crippen molar-refractivity contribution in [3.05, 3.63) is 29.8 Å². The van der Waals surface area contributed by atoms with Crippen LogP contribution in [0.25, 0.3) is 0 Å². The van der Waals surface area contributed by atoms with Crippen molar-refractivity contribution in [1.29, 1.82) is 0 Å². The maximum Gasteiger partial charge on any atom is 0.308 e. The maximum atomic E-state index is 12.1. The van der Waals surface area contributed by atoms with E-state index in [4.69, 9.17) is 10.8 Å². The predicted molar refractivity (Wildman–Crippen MR) is 76.0 cm³/mol. The van der Waals surface area contributed by atoms with E-state index in [9.17, 15) is 9.59 Å². The molecule has 5 nitrogen and oxygen atoms in total.